The molecule has 1 aliphatic carbocycles. The normalized spacial score (nSPS) is 24.1. The van der Waals surface area contributed by atoms with Crippen molar-refractivity contribution in [3.63, 3.8) is 0 Å². The van der Waals surface area contributed by atoms with Gasteiger partial charge in [0.25, 0.3) is 0 Å². The number of hydrogen-bond acceptors (Lipinski definition) is 3. The molecule has 3 atom stereocenters. The fourth-order valence-electron chi connectivity index (χ4n) is 3.80. The highest BCUT2D eigenvalue weighted by molar-refractivity contribution is 9.10. The van der Waals surface area contributed by atoms with Crippen LogP contribution in [0, 0.1) is 11.8 Å². The summed E-state index contributed by atoms with van der Waals surface area (Å²) in [6, 6.07) is 4.42. The predicted octanol–water partition coefficient (Wildman–Crippen LogP) is 3.92. The second-order valence-corrected chi connectivity index (χ2v) is 7.61. The first-order chi connectivity index (χ1) is 11.5. The molecule has 1 N–H and O–H groups in total. The Morgan fingerprint density at radius 2 is 2.25 bits per heavy atom. The number of halogens is 1. The minimum Gasteiger partial charge on any atom is -0.495 e. The van der Waals surface area contributed by atoms with E-state index < -0.39 is 0 Å². The van der Waals surface area contributed by atoms with E-state index >= 15 is 0 Å². The maximum absolute atomic E-state index is 11.6. The minimum atomic E-state index is 0.146. The molecule has 1 fully saturated rings. The zero-order chi connectivity index (χ0) is 17.3. The van der Waals surface area contributed by atoms with Crippen LogP contribution in [0.5, 0.6) is 5.75 Å². The van der Waals surface area contributed by atoms with Crippen LogP contribution >= 0.6 is 15.9 Å². The number of aromatic nitrogens is 2. The van der Waals surface area contributed by atoms with Crippen LogP contribution in [0.3, 0.4) is 0 Å². The van der Waals surface area contributed by atoms with Crippen molar-refractivity contribution in [2.45, 2.75) is 38.6 Å². The lowest BCUT2D eigenvalue weighted by Crippen LogP contribution is -2.29. The molecule has 2 aromatic rings. The van der Waals surface area contributed by atoms with Crippen molar-refractivity contribution in [3.8, 4) is 5.75 Å². The van der Waals surface area contributed by atoms with Gasteiger partial charge in [0.05, 0.1) is 23.1 Å². The van der Waals surface area contributed by atoms with Gasteiger partial charge in [-0.3, -0.25) is 9.48 Å². The smallest absolute Gasteiger partial charge is 0.220 e. The predicted molar refractivity (Wildman–Crippen MR) is 98.2 cm³/mol. The van der Waals surface area contributed by atoms with Crippen LogP contribution in [0.1, 0.15) is 38.6 Å². The van der Waals surface area contributed by atoms with Gasteiger partial charge in [0.1, 0.15) is 5.75 Å². The van der Waals surface area contributed by atoms with Gasteiger partial charge < -0.3 is 10.1 Å². The molecule has 24 heavy (non-hydrogen) atoms. The maximum atomic E-state index is 11.6. The molecule has 0 bridgehead atoms. The molecular weight excluding hydrogens is 370 g/mol. The fraction of sp³-hybridized carbons (Fsp3) is 0.556. The first-order valence-corrected chi connectivity index (χ1v) is 9.24. The average molecular weight is 394 g/mol. The molecule has 1 saturated carbocycles. The summed E-state index contributed by atoms with van der Waals surface area (Å²) in [4.78, 5) is 11.6. The van der Waals surface area contributed by atoms with Gasteiger partial charge in [-0.2, -0.15) is 5.10 Å². The molecule has 1 amide bonds. The molecule has 0 saturated heterocycles. The van der Waals surface area contributed by atoms with E-state index in [4.69, 9.17) is 9.84 Å². The first-order valence-electron chi connectivity index (χ1n) is 8.44. The van der Waals surface area contributed by atoms with Gasteiger partial charge >= 0.3 is 0 Å². The molecule has 3 rings (SSSR count). The average Bonchev–Trinajstić information content (AvgIpc) is 2.96. The molecule has 130 valence electrons. The largest absolute Gasteiger partial charge is 0.495 e. The summed E-state index contributed by atoms with van der Waals surface area (Å²) < 4.78 is 8.41. The molecule has 0 aliphatic heterocycles. The Labute approximate surface area is 150 Å². The Morgan fingerprint density at radius 1 is 1.46 bits per heavy atom. The van der Waals surface area contributed by atoms with Crippen LogP contribution in [0.15, 0.2) is 22.8 Å². The van der Waals surface area contributed by atoms with E-state index in [1.165, 1.54) is 0 Å². The van der Waals surface area contributed by atoms with Gasteiger partial charge in [-0.15, -0.1) is 0 Å². The highest BCUT2D eigenvalue weighted by Crippen LogP contribution is 2.39. The van der Waals surface area contributed by atoms with Crippen molar-refractivity contribution < 1.29 is 9.53 Å². The van der Waals surface area contributed by atoms with Crippen molar-refractivity contribution in [2.75, 3.05) is 14.2 Å². The zero-order valence-electron chi connectivity index (χ0n) is 14.4. The van der Waals surface area contributed by atoms with Crippen LogP contribution < -0.4 is 10.1 Å². The van der Waals surface area contributed by atoms with E-state index in [2.05, 4.69) is 45.1 Å². The fourth-order valence-corrected chi connectivity index (χ4v) is 4.33. The summed E-state index contributed by atoms with van der Waals surface area (Å²) in [7, 11) is 3.37. The van der Waals surface area contributed by atoms with Crippen molar-refractivity contribution in [1.82, 2.24) is 15.1 Å². The van der Waals surface area contributed by atoms with Crippen molar-refractivity contribution in [2.24, 2.45) is 11.8 Å². The van der Waals surface area contributed by atoms with Gasteiger partial charge in [0.15, 0.2) is 0 Å². The third-order valence-electron chi connectivity index (χ3n) is 5.12. The lowest BCUT2D eigenvalue weighted by molar-refractivity contribution is -0.121. The quantitative estimate of drug-likeness (QED) is 0.855. The van der Waals surface area contributed by atoms with Crippen molar-refractivity contribution in [1.29, 1.82) is 0 Å². The molecule has 0 spiro atoms. The topological polar surface area (TPSA) is 56.2 Å². The second kappa shape index (κ2) is 7.13. The summed E-state index contributed by atoms with van der Waals surface area (Å²) in [5, 5.41) is 8.62. The van der Waals surface area contributed by atoms with E-state index in [9.17, 15) is 4.79 Å². The number of nitrogens with one attached hydrogen (secondary N) is 1. The Morgan fingerprint density at radius 3 is 2.92 bits per heavy atom. The molecule has 5 nitrogen and oxygen atoms in total. The Kier molecular flexibility index (Phi) is 5.13. The number of methoxy groups -OCH3 is 1. The van der Waals surface area contributed by atoms with Crippen LogP contribution in [-0.2, 0) is 4.79 Å². The summed E-state index contributed by atoms with van der Waals surface area (Å²) in [5.41, 5.74) is 0.953. The minimum absolute atomic E-state index is 0.146. The molecule has 0 radical (unpaired) electrons. The van der Waals surface area contributed by atoms with Crippen LogP contribution in [0.25, 0.3) is 10.9 Å². The van der Waals surface area contributed by atoms with Gasteiger partial charge in [0.2, 0.25) is 5.91 Å². The van der Waals surface area contributed by atoms with Gasteiger partial charge in [-0.25, -0.2) is 0 Å². The SMILES string of the molecule is CNC(=O)CC1CCC(n2cc3cc(Br)c(OC)cc3n2)C(C)C1. The zero-order valence-corrected chi connectivity index (χ0v) is 16.0. The van der Waals surface area contributed by atoms with E-state index in [-0.39, 0.29) is 5.91 Å². The molecule has 1 heterocycles. The number of carbonyl (C=O) groups is 1. The number of benzene rings is 1. The van der Waals surface area contributed by atoms with E-state index in [0.717, 1.165) is 40.4 Å². The Bertz CT molecular complexity index is 743. The lowest BCUT2D eigenvalue weighted by Gasteiger charge is -2.34. The van der Waals surface area contributed by atoms with Crippen molar-refractivity contribution in [3.05, 3.63) is 22.8 Å². The number of ether oxygens (including phenoxy) is 1. The Hall–Kier alpha value is -1.56. The number of amides is 1. The van der Waals surface area contributed by atoms with Gasteiger partial charge in [-0.1, -0.05) is 6.92 Å². The molecule has 1 aromatic heterocycles. The van der Waals surface area contributed by atoms with E-state index in [0.29, 0.717) is 24.3 Å². The number of hydrogen-bond donors (Lipinski definition) is 1. The van der Waals surface area contributed by atoms with Crippen LogP contribution in [0.4, 0.5) is 0 Å². The second-order valence-electron chi connectivity index (χ2n) is 6.76. The van der Waals surface area contributed by atoms with Gasteiger partial charge in [0, 0.05) is 31.1 Å². The lowest BCUT2D eigenvalue weighted by atomic mass is 9.77. The first kappa shape index (κ1) is 17.3. The number of carbonyl (C=O) groups excluding carboxylic acids is 1. The Balaban J connectivity index is 1.77. The third-order valence-corrected chi connectivity index (χ3v) is 5.74. The number of rotatable bonds is 4. The molecular formula is C18H24BrN3O2. The highest BCUT2D eigenvalue weighted by atomic mass is 79.9. The third kappa shape index (κ3) is 3.43. The highest BCUT2D eigenvalue weighted by Gasteiger charge is 2.30. The van der Waals surface area contributed by atoms with Crippen LogP contribution in [0.2, 0.25) is 0 Å². The van der Waals surface area contributed by atoms with Crippen LogP contribution in [-0.4, -0.2) is 29.8 Å². The maximum Gasteiger partial charge on any atom is 0.220 e. The standard InChI is InChI=1S/C18H24BrN3O2/c1-11-6-12(7-18(23)20-2)4-5-16(11)22-10-13-8-14(19)17(24-3)9-15(13)21-22/h8-12,16H,4-7H2,1-3H3,(H,20,23). The summed E-state index contributed by atoms with van der Waals surface area (Å²) in [5.74, 6) is 1.94. The molecule has 1 aliphatic rings. The van der Waals surface area contributed by atoms with E-state index in [1.807, 2.05) is 6.07 Å². The number of fused-ring (bicyclic) bond motifs is 1. The van der Waals surface area contributed by atoms with Crippen molar-refractivity contribution >= 4 is 32.7 Å². The molecule has 3 unspecified atom stereocenters. The number of nitrogens with zero attached hydrogens (tertiary/aromatic N) is 2. The van der Waals surface area contributed by atoms with Gasteiger partial charge in [-0.05, 0) is 53.1 Å². The molecule has 6 heteroatoms. The van der Waals surface area contributed by atoms with E-state index in [1.54, 1.807) is 14.2 Å². The monoisotopic (exact) mass is 393 g/mol. The molecule has 1 aromatic carbocycles. The summed E-state index contributed by atoms with van der Waals surface area (Å²) in [6.45, 7) is 2.27. The summed E-state index contributed by atoms with van der Waals surface area (Å²) >= 11 is 3.53. The summed E-state index contributed by atoms with van der Waals surface area (Å²) in [6.07, 6.45) is 5.97.